The molecular formula is C24H22N8O6S4. The second-order valence-corrected chi connectivity index (χ2v) is 12.7. The average molecular weight is 647 g/mol. The van der Waals surface area contributed by atoms with Crippen molar-refractivity contribution in [3.8, 4) is 11.3 Å². The van der Waals surface area contributed by atoms with Gasteiger partial charge in [-0.25, -0.2) is 14.5 Å². The lowest BCUT2D eigenvalue weighted by Crippen LogP contribution is -2.71. The summed E-state index contributed by atoms with van der Waals surface area (Å²) in [5, 5.41) is 27.2. The lowest BCUT2D eigenvalue weighted by atomic mass is 10.0. The maximum Gasteiger partial charge on any atom is 0.278 e. The molecule has 3 aromatic heterocycles. The van der Waals surface area contributed by atoms with Crippen molar-refractivity contribution in [3.05, 3.63) is 51.3 Å². The van der Waals surface area contributed by atoms with Crippen LogP contribution in [0.3, 0.4) is 0 Å². The highest BCUT2D eigenvalue weighted by molar-refractivity contribution is 8.07. The molecule has 0 aromatic carbocycles. The van der Waals surface area contributed by atoms with Crippen LogP contribution in [0, 0.1) is 5.41 Å². The van der Waals surface area contributed by atoms with E-state index in [1.165, 1.54) is 34.9 Å². The first-order valence-corrected chi connectivity index (χ1v) is 15.7. The van der Waals surface area contributed by atoms with E-state index < -0.39 is 29.2 Å². The number of thiazole rings is 1. The molecule has 0 aliphatic carbocycles. The lowest BCUT2D eigenvalue weighted by Gasteiger charge is -2.50. The number of aryl methyl sites for hydroxylation is 1. The number of carbonyl (C=O) groups is 3. The summed E-state index contributed by atoms with van der Waals surface area (Å²) < 4.78 is 11.5. The Morgan fingerprint density at radius 3 is 2.86 bits per heavy atom. The van der Waals surface area contributed by atoms with Gasteiger partial charge in [-0.3, -0.25) is 19.9 Å². The molecule has 2 aliphatic rings. The van der Waals surface area contributed by atoms with Gasteiger partial charge in [-0.2, -0.15) is 4.37 Å². The van der Waals surface area contributed by atoms with Crippen molar-refractivity contribution < 1.29 is 33.6 Å². The second kappa shape index (κ2) is 13.0. The van der Waals surface area contributed by atoms with Crippen LogP contribution >= 0.6 is 46.4 Å². The third-order valence-electron chi connectivity index (χ3n) is 5.85. The fourth-order valence-corrected chi connectivity index (χ4v) is 7.94. The molecule has 218 valence electrons. The highest BCUT2D eigenvalue weighted by Gasteiger charge is 2.53. The van der Waals surface area contributed by atoms with E-state index in [0.717, 1.165) is 34.1 Å². The summed E-state index contributed by atoms with van der Waals surface area (Å²) in [6, 6.07) is 2.86. The number of β-lactam (4-membered cyclic amide) rings is 1. The van der Waals surface area contributed by atoms with E-state index in [-0.39, 0.29) is 36.2 Å². The number of rotatable bonds is 12. The fourth-order valence-electron chi connectivity index (χ4n) is 3.92. The summed E-state index contributed by atoms with van der Waals surface area (Å²) >= 11 is 4.83. The van der Waals surface area contributed by atoms with Crippen LogP contribution in [-0.4, -0.2) is 72.9 Å². The van der Waals surface area contributed by atoms with Crippen LogP contribution in [0.15, 0.2) is 50.0 Å². The molecule has 2 N–H and O–H groups in total. The SMILES string of the molecule is CCO/N=C(\C(=O)N[C@@H]1C(=O)N2C(C(=O)[O-])=C(Sc3nc(-c4cc[n+](C)cc4)cs3)CS[C@H]12)c1nsc(COC=N)n1. The van der Waals surface area contributed by atoms with Gasteiger partial charge in [0.15, 0.2) is 28.1 Å². The second-order valence-electron chi connectivity index (χ2n) is 8.57. The van der Waals surface area contributed by atoms with Gasteiger partial charge in [0.2, 0.25) is 11.5 Å². The van der Waals surface area contributed by atoms with E-state index in [1.54, 1.807) is 6.92 Å². The quantitative estimate of drug-likeness (QED) is 0.0918. The van der Waals surface area contributed by atoms with Crippen molar-refractivity contribution in [1.29, 1.82) is 5.41 Å². The van der Waals surface area contributed by atoms with Crippen LogP contribution in [0.25, 0.3) is 11.3 Å². The minimum atomic E-state index is -1.49. The first-order valence-electron chi connectivity index (χ1n) is 12.2. The van der Waals surface area contributed by atoms with Gasteiger partial charge in [0.1, 0.15) is 31.7 Å². The standard InChI is InChI=1S/C24H22N8O6S4/c1-3-38-29-16(19-27-15(42-30-19)8-37-11-25)20(33)28-17-21(34)32-18(23(35)36)14(10-39-22(17)32)41-24-26-13(9-40-24)12-4-6-31(2)7-5-12/h4-7,9,11,17,22,25H,3,8,10H2,1-2H3,(H-,28,33,35,36)/b25-11?,29-16-/t17-,22-/m1/s1. The van der Waals surface area contributed by atoms with Crippen LogP contribution in [0.4, 0.5) is 0 Å². The van der Waals surface area contributed by atoms with Crippen molar-refractivity contribution in [2.75, 3.05) is 12.4 Å². The summed E-state index contributed by atoms with van der Waals surface area (Å²) in [7, 11) is 1.92. The molecule has 0 unspecified atom stereocenters. The van der Waals surface area contributed by atoms with E-state index >= 15 is 0 Å². The minimum Gasteiger partial charge on any atom is -0.543 e. The molecule has 2 aliphatic heterocycles. The number of nitrogens with zero attached hydrogens (tertiary/aromatic N) is 6. The Kier molecular flexibility index (Phi) is 9.15. The highest BCUT2D eigenvalue weighted by atomic mass is 32.2. The highest BCUT2D eigenvalue weighted by Crippen LogP contribution is 2.45. The monoisotopic (exact) mass is 646 g/mol. The molecule has 3 aromatic rings. The first-order chi connectivity index (χ1) is 20.3. The number of aliphatic carboxylic acids is 1. The number of amides is 2. The van der Waals surface area contributed by atoms with Crippen molar-refractivity contribution >= 4 is 76.3 Å². The summed E-state index contributed by atoms with van der Waals surface area (Å²) in [6.07, 6.45) is 4.58. The maximum absolute atomic E-state index is 13.2. The Hall–Kier alpha value is -3.87. The van der Waals surface area contributed by atoms with Crippen molar-refractivity contribution in [2.45, 2.75) is 29.3 Å². The van der Waals surface area contributed by atoms with E-state index in [0.29, 0.717) is 14.3 Å². The number of ether oxygens (including phenoxy) is 1. The van der Waals surface area contributed by atoms with Gasteiger partial charge < -0.3 is 24.8 Å². The normalized spacial score (nSPS) is 18.3. The third-order valence-corrected chi connectivity index (χ3v) is 10.0. The number of aromatic nitrogens is 4. The van der Waals surface area contributed by atoms with E-state index in [4.69, 9.17) is 15.0 Å². The zero-order valence-electron chi connectivity index (χ0n) is 22.0. The molecule has 5 heterocycles. The van der Waals surface area contributed by atoms with Crippen molar-refractivity contribution in [1.82, 2.24) is 24.6 Å². The van der Waals surface area contributed by atoms with Gasteiger partial charge in [0.05, 0.1) is 17.4 Å². The smallest absolute Gasteiger partial charge is 0.278 e. The fraction of sp³-hybridized carbons (Fsp3) is 0.292. The minimum absolute atomic E-state index is 0.00835. The van der Waals surface area contributed by atoms with Crippen LogP contribution < -0.4 is 15.0 Å². The molecule has 1 saturated heterocycles. The molecule has 18 heteroatoms. The molecule has 0 saturated carbocycles. The number of nitrogens with one attached hydrogen (secondary N) is 2. The van der Waals surface area contributed by atoms with E-state index in [2.05, 4.69) is 24.8 Å². The van der Waals surface area contributed by atoms with Gasteiger partial charge in [0.25, 0.3) is 11.8 Å². The van der Waals surface area contributed by atoms with Crippen molar-refractivity contribution in [2.24, 2.45) is 12.2 Å². The zero-order valence-corrected chi connectivity index (χ0v) is 25.3. The number of pyridine rings is 1. The molecule has 5 rings (SSSR count). The van der Waals surface area contributed by atoms with Crippen LogP contribution in [-0.2, 0) is 37.6 Å². The molecule has 0 bridgehead atoms. The number of fused-ring (bicyclic) bond motifs is 1. The number of carboxylic acids is 1. The number of carboxylic acid groups (broad SMARTS) is 1. The van der Waals surface area contributed by atoms with Crippen molar-refractivity contribution in [3.63, 3.8) is 0 Å². The average Bonchev–Trinajstić information content (AvgIpc) is 3.65. The Labute approximate surface area is 255 Å². The summed E-state index contributed by atoms with van der Waals surface area (Å²) in [5.41, 5.74) is 1.20. The summed E-state index contributed by atoms with van der Waals surface area (Å²) in [5.74, 6) is -2.61. The predicted octanol–water partition coefficient (Wildman–Crippen LogP) is 0.504. The maximum atomic E-state index is 13.2. The van der Waals surface area contributed by atoms with Gasteiger partial charge >= 0.3 is 0 Å². The molecule has 1 fully saturated rings. The Balaban J connectivity index is 1.31. The van der Waals surface area contributed by atoms with Gasteiger partial charge in [-0.15, -0.1) is 23.1 Å². The summed E-state index contributed by atoms with van der Waals surface area (Å²) in [6.45, 7) is 1.84. The molecule has 0 radical (unpaired) electrons. The molecule has 2 amide bonds. The number of thioether (sulfide) groups is 2. The summed E-state index contributed by atoms with van der Waals surface area (Å²) in [4.78, 5) is 54.0. The van der Waals surface area contributed by atoms with Gasteiger partial charge in [0, 0.05) is 33.7 Å². The zero-order chi connectivity index (χ0) is 29.8. The first kappa shape index (κ1) is 29.6. The number of hydrogen-bond acceptors (Lipinski definition) is 15. The number of carbonyl (C=O) groups excluding carboxylic acids is 3. The largest absolute Gasteiger partial charge is 0.543 e. The molecular weight excluding hydrogens is 625 g/mol. The lowest BCUT2D eigenvalue weighted by molar-refractivity contribution is -0.671. The van der Waals surface area contributed by atoms with Crippen LogP contribution in [0.1, 0.15) is 17.8 Å². The van der Waals surface area contributed by atoms with E-state index in [1.807, 2.05) is 41.5 Å². The predicted molar refractivity (Wildman–Crippen MR) is 153 cm³/mol. The third kappa shape index (κ3) is 6.15. The van der Waals surface area contributed by atoms with E-state index in [9.17, 15) is 19.5 Å². The van der Waals surface area contributed by atoms with Gasteiger partial charge in [-0.1, -0.05) is 16.9 Å². The Morgan fingerprint density at radius 2 is 2.14 bits per heavy atom. The topological polar surface area (TPSA) is 187 Å². The molecule has 42 heavy (non-hydrogen) atoms. The molecule has 0 spiro atoms. The Morgan fingerprint density at radius 1 is 1.36 bits per heavy atom. The van der Waals surface area contributed by atoms with Crippen LogP contribution in [0.2, 0.25) is 0 Å². The Bertz CT molecular complexity index is 1590. The number of hydrogen-bond donors (Lipinski definition) is 2. The molecule has 2 atom stereocenters. The van der Waals surface area contributed by atoms with Gasteiger partial charge in [-0.05, 0) is 18.5 Å². The molecule has 14 nitrogen and oxygen atoms in total. The number of oxime groups is 1. The van der Waals surface area contributed by atoms with Crippen LogP contribution in [0.5, 0.6) is 0 Å².